The molecule has 0 radical (unpaired) electrons. The number of hydrogen-bond acceptors (Lipinski definition) is 7. The summed E-state index contributed by atoms with van der Waals surface area (Å²) in [6, 6.07) is -0.0288. The minimum Gasteiger partial charge on any atom is -0.477 e. The smallest absolute Gasteiger partial charge is 0.353 e. The molecule has 0 unspecified atom stereocenters. The number of aliphatic hydroxyl groups excluding tert-OH is 1. The number of aliphatic hydroxyl groups is 1. The number of methoxy groups -OCH3 is 1. The summed E-state index contributed by atoms with van der Waals surface area (Å²) in [5, 5.41) is 26.6. The molecule has 0 spiro atoms. The number of ether oxygens (including phenoxy) is 1. The van der Waals surface area contributed by atoms with Crippen LogP contribution in [0.4, 0.5) is 0 Å². The molecule has 0 aromatic carbocycles. The summed E-state index contributed by atoms with van der Waals surface area (Å²) in [4.78, 5) is 26.5. The zero-order chi connectivity index (χ0) is 20.6. The Bertz CT molecular complexity index is 655. The first kappa shape index (κ1) is 21.6. The zero-order valence-corrected chi connectivity index (χ0v) is 17.7. The van der Waals surface area contributed by atoms with Crippen LogP contribution in [0.25, 0.3) is 0 Å². The molecule has 8 nitrogen and oxygen atoms in total. The molecule has 0 aliphatic carbocycles. The minimum absolute atomic E-state index is 0.0880. The molecular formula is C19H31N3O5S. The molecule has 2 saturated heterocycles. The molecule has 0 aromatic rings. The van der Waals surface area contributed by atoms with Crippen LogP contribution >= 0.6 is 11.8 Å². The third-order valence-electron chi connectivity index (χ3n) is 6.16. The predicted octanol–water partition coefficient (Wildman–Crippen LogP) is 0.228. The SMILES string of the molecule is CNCC[C@@H](OC)[C@@H]1C[C@H](SC2=C(C(=O)O)N3C(=O)[C@H]([C@@H](C)O)[C@H]3[C@H]2C)CN1. The van der Waals surface area contributed by atoms with Gasteiger partial charge in [-0.25, -0.2) is 4.79 Å². The van der Waals surface area contributed by atoms with Crippen molar-refractivity contribution in [2.75, 3.05) is 27.2 Å². The van der Waals surface area contributed by atoms with Crippen LogP contribution in [0.3, 0.4) is 0 Å². The van der Waals surface area contributed by atoms with Gasteiger partial charge in [-0.05, 0) is 33.4 Å². The summed E-state index contributed by atoms with van der Waals surface area (Å²) in [5.74, 6) is -1.96. The molecule has 3 aliphatic heterocycles. The Kier molecular flexibility index (Phi) is 6.71. The standard InChI is InChI=1S/C19H31N3O5S/c1-9-15-14(10(2)23)18(24)22(15)16(19(25)26)17(9)28-11-7-12(21-8-11)13(27-4)5-6-20-3/h9-15,20-21,23H,5-8H2,1-4H3,(H,25,26)/t9-,10-,11+,12+,13-,14-,15-/m1/s1. The molecule has 0 bridgehead atoms. The number of carboxylic acids is 1. The Morgan fingerprint density at radius 3 is 2.79 bits per heavy atom. The van der Waals surface area contributed by atoms with Crippen LogP contribution in [-0.2, 0) is 14.3 Å². The number of fused-ring (bicyclic) bond motifs is 1. The van der Waals surface area contributed by atoms with Crippen molar-refractivity contribution >= 4 is 23.6 Å². The fraction of sp³-hybridized carbons (Fsp3) is 0.789. The molecule has 3 rings (SSSR count). The molecule has 4 N–H and O–H groups in total. The van der Waals surface area contributed by atoms with Crippen LogP contribution in [0.5, 0.6) is 0 Å². The molecule has 1 amide bonds. The normalized spacial score (nSPS) is 34.4. The maximum Gasteiger partial charge on any atom is 0.353 e. The van der Waals surface area contributed by atoms with Crippen LogP contribution < -0.4 is 10.6 Å². The van der Waals surface area contributed by atoms with Gasteiger partial charge in [-0.3, -0.25) is 4.79 Å². The van der Waals surface area contributed by atoms with Crippen molar-refractivity contribution in [1.29, 1.82) is 0 Å². The van der Waals surface area contributed by atoms with Gasteiger partial charge in [0.05, 0.1) is 24.2 Å². The lowest BCUT2D eigenvalue weighted by Crippen LogP contribution is -2.63. The molecular weight excluding hydrogens is 382 g/mol. The van der Waals surface area contributed by atoms with Crippen molar-refractivity contribution in [2.24, 2.45) is 11.8 Å². The van der Waals surface area contributed by atoms with Crippen molar-refractivity contribution in [3.05, 3.63) is 10.6 Å². The van der Waals surface area contributed by atoms with Gasteiger partial charge in [-0.2, -0.15) is 0 Å². The van der Waals surface area contributed by atoms with E-state index < -0.39 is 18.0 Å². The van der Waals surface area contributed by atoms with E-state index in [-0.39, 0.29) is 41.0 Å². The number of amides is 1. The first-order valence-corrected chi connectivity index (χ1v) is 10.8. The third kappa shape index (κ3) is 3.70. The lowest BCUT2D eigenvalue weighted by atomic mass is 9.79. The largest absolute Gasteiger partial charge is 0.477 e. The van der Waals surface area contributed by atoms with E-state index in [1.54, 1.807) is 25.8 Å². The number of hydrogen-bond donors (Lipinski definition) is 4. The Balaban J connectivity index is 1.71. The molecule has 7 atom stereocenters. The third-order valence-corrected chi connectivity index (χ3v) is 7.67. The highest BCUT2D eigenvalue weighted by atomic mass is 32.2. The van der Waals surface area contributed by atoms with Crippen molar-refractivity contribution in [3.8, 4) is 0 Å². The summed E-state index contributed by atoms with van der Waals surface area (Å²) in [5.41, 5.74) is 0.103. The number of nitrogens with one attached hydrogen (secondary N) is 2. The first-order valence-electron chi connectivity index (χ1n) is 9.87. The van der Waals surface area contributed by atoms with Crippen LogP contribution in [-0.4, -0.2) is 83.8 Å². The Morgan fingerprint density at radius 2 is 2.21 bits per heavy atom. The molecule has 158 valence electrons. The second-order valence-corrected chi connectivity index (χ2v) is 9.27. The average Bonchev–Trinajstić information content (AvgIpc) is 3.18. The number of nitrogens with zero attached hydrogens (tertiary/aromatic N) is 1. The Morgan fingerprint density at radius 1 is 1.50 bits per heavy atom. The first-order chi connectivity index (χ1) is 13.3. The van der Waals surface area contributed by atoms with Gasteiger partial charge in [0.1, 0.15) is 5.70 Å². The summed E-state index contributed by atoms with van der Waals surface area (Å²) < 4.78 is 5.64. The highest BCUT2D eigenvalue weighted by molar-refractivity contribution is 8.03. The summed E-state index contributed by atoms with van der Waals surface area (Å²) in [7, 11) is 3.64. The fourth-order valence-corrected chi connectivity index (χ4v) is 6.23. The number of aliphatic carboxylic acids is 1. The molecule has 28 heavy (non-hydrogen) atoms. The van der Waals surface area contributed by atoms with E-state index in [0.717, 1.165) is 30.8 Å². The summed E-state index contributed by atoms with van der Waals surface area (Å²) in [6.07, 6.45) is 1.12. The van der Waals surface area contributed by atoms with Crippen molar-refractivity contribution in [1.82, 2.24) is 15.5 Å². The number of β-lactam (4-membered cyclic amide) rings is 1. The Hall–Kier alpha value is -1.13. The molecule has 0 saturated carbocycles. The quantitative estimate of drug-likeness (QED) is 0.398. The van der Waals surface area contributed by atoms with E-state index in [1.807, 2.05) is 14.0 Å². The molecule has 9 heteroatoms. The minimum atomic E-state index is -1.07. The number of carboxylic acid groups (broad SMARTS) is 1. The van der Waals surface area contributed by atoms with Gasteiger partial charge >= 0.3 is 5.97 Å². The zero-order valence-electron chi connectivity index (χ0n) is 16.8. The van der Waals surface area contributed by atoms with Crippen molar-refractivity contribution in [2.45, 2.75) is 56.2 Å². The van der Waals surface area contributed by atoms with E-state index >= 15 is 0 Å². The van der Waals surface area contributed by atoms with E-state index in [2.05, 4.69) is 10.6 Å². The highest BCUT2D eigenvalue weighted by Crippen LogP contribution is 2.51. The van der Waals surface area contributed by atoms with Gasteiger partial charge in [-0.15, -0.1) is 11.8 Å². The predicted molar refractivity (Wildman–Crippen MR) is 107 cm³/mol. The van der Waals surface area contributed by atoms with Crippen molar-refractivity contribution in [3.63, 3.8) is 0 Å². The number of carbonyl (C=O) groups is 2. The van der Waals surface area contributed by atoms with Gasteiger partial charge in [0.15, 0.2) is 0 Å². The molecule has 2 fully saturated rings. The second-order valence-electron chi connectivity index (χ2n) is 7.93. The number of rotatable bonds is 9. The van der Waals surface area contributed by atoms with Crippen LogP contribution in [0.15, 0.2) is 10.6 Å². The lowest BCUT2D eigenvalue weighted by molar-refractivity contribution is -0.163. The number of thioether (sulfide) groups is 1. The van der Waals surface area contributed by atoms with E-state index in [4.69, 9.17) is 4.74 Å². The van der Waals surface area contributed by atoms with Gasteiger partial charge < -0.3 is 30.5 Å². The van der Waals surface area contributed by atoms with Gasteiger partial charge in [-0.1, -0.05) is 6.92 Å². The monoisotopic (exact) mass is 413 g/mol. The molecule has 0 aromatic heterocycles. The van der Waals surface area contributed by atoms with E-state index in [9.17, 15) is 19.8 Å². The maximum atomic E-state index is 12.4. The molecule has 3 heterocycles. The van der Waals surface area contributed by atoms with E-state index in [1.165, 1.54) is 4.90 Å². The van der Waals surface area contributed by atoms with Gasteiger partial charge in [0.2, 0.25) is 5.91 Å². The van der Waals surface area contributed by atoms with Crippen molar-refractivity contribution < 1.29 is 24.5 Å². The van der Waals surface area contributed by atoms with Crippen LogP contribution in [0.1, 0.15) is 26.7 Å². The summed E-state index contributed by atoms with van der Waals surface area (Å²) >= 11 is 1.57. The van der Waals surface area contributed by atoms with Crippen LogP contribution in [0, 0.1) is 11.8 Å². The second kappa shape index (κ2) is 8.71. The molecule has 3 aliphatic rings. The van der Waals surface area contributed by atoms with E-state index in [0.29, 0.717) is 0 Å². The lowest BCUT2D eigenvalue weighted by Gasteiger charge is -2.46. The summed E-state index contributed by atoms with van der Waals surface area (Å²) in [6.45, 7) is 5.21. The highest BCUT2D eigenvalue weighted by Gasteiger charge is 2.60. The van der Waals surface area contributed by atoms with Crippen LogP contribution in [0.2, 0.25) is 0 Å². The average molecular weight is 414 g/mol. The topological polar surface area (TPSA) is 111 Å². The number of carbonyl (C=O) groups excluding carboxylic acids is 1. The maximum absolute atomic E-state index is 12.4. The van der Waals surface area contributed by atoms with Gasteiger partial charge in [0.25, 0.3) is 0 Å². The van der Waals surface area contributed by atoms with Gasteiger partial charge in [0, 0.05) is 35.8 Å². The Labute approximate surface area is 170 Å². The fourth-order valence-electron chi connectivity index (χ4n) is 4.73.